The molecule has 118 valence electrons. The van der Waals surface area contributed by atoms with Gasteiger partial charge in [0.15, 0.2) is 0 Å². The summed E-state index contributed by atoms with van der Waals surface area (Å²) in [5, 5.41) is 12.7. The molecule has 0 bridgehead atoms. The summed E-state index contributed by atoms with van der Waals surface area (Å²) < 4.78 is 0. The number of halogens is 2. The van der Waals surface area contributed by atoms with Gasteiger partial charge < -0.3 is 10.1 Å². The van der Waals surface area contributed by atoms with E-state index in [1.807, 2.05) is 24.3 Å². The lowest BCUT2D eigenvalue weighted by Gasteiger charge is -2.29. The number of nitrogens with one attached hydrogen (secondary N) is 1. The van der Waals surface area contributed by atoms with Gasteiger partial charge in [-0.15, -0.1) is 0 Å². The Bertz CT molecular complexity index is 707. The molecule has 3 nitrogen and oxygen atoms in total. The second-order valence-electron chi connectivity index (χ2n) is 5.45. The molecule has 2 aromatic carbocycles. The Hall–Kier alpha value is -1.81. The predicted octanol–water partition coefficient (Wildman–Crippen LogP) is 4.59. The maximum absolute atomic E-state index is 11.4. The molecule has 3 aromatic rings. The molecule has 0 saturated carbocycles. The maximum Gasteiger partial charge on any atom is 0.115 e. The van der Waals surface area contributed by atoms with Crippen LogP contribution in [0.2, 0.25) is 10.0 Å². The Balaban J connectivity index is 1.97. The Labute approximate surface area is 144 Å². The SMILES string of the molecule is OC(CCc1cnc[nH]1)(c1ccc(Cl)cc1)c1ccc(Cl)cc1. The van der Waals surface area contributed by atoms with Crippen molar-refractivity contribution in [2.24, 2.45) is 0 Å². The van der Waals surface area contributed by atoms with Crippen molar-refractivity contribution in [3.05, 3.63) is 87.9 Å². The van der Waals surface area contributed by atoms with Gasteiger partial charge in [-0.25, -0.2) is 4.98 Å². The van der Waals surface area contributed by atoms with Crippen molar-refractivity contribution in [1.82, 2.24) is 9.97 Å². The number of hydrogen-bond acceptors (Lipinski definition) is 2. The summed E-state index contributed by atoms with van der Waals surface area (Å²) >= 11 is 11.9. The van der Waals surface area contributed by atoms with Gasteiger partial charge in [-0.2, -0.15) is 0 Å². The summed E-state index contributed by atoms with van der Waals surface area (Å²) in [5.74, 6) is 0. The van der Waals surface area contributed by atoms with E-state index in [1.54, 1.807) is 36.8 Å². The zero-order valence-electron chi connectivity index (χ0n) is 12.3. The Morgan fingerprint density at radius 2 is 1.43 bits per heavy atom. The normalized spacial score (nSPS) is 11.6. The monoisotopic (exact) mass is 346 g/mol. The minimum absolute atomic E-state index is 0.512. The lowest BCUT2D eigenvalue weighted by Crippen LogP contribution is -2.28. The lowest BCUT2D eigenvalue weighted by atomic mass is 9.82. The first kappa shape index (κ1) is 16.1. The lowest BCUT2D eigenvalue weighted by molar-refractivity contribution is 0.0711. The molecule has 2 N–H and O–H groups in total. The van der Waals surface area contributed by atoms with Gasteiger partial charge in [0.05, 0.1) is 6.33 Å². The third-order valence-electron chi connectivity index (χ3n) is 3.95. The molecule has 23 heavy (non-hydrogen) atoms. The number of H-pyrrole nitrogens is 1. The highest BCUT2D eigenvalue weighted by Crippen LogP contribution is 2.35. The summed E-state index contributed by atoms with van der Waals surface area (Å²) in [6.45, 7) is 0. The van der Waals surface area contributed by atoms with Crippen LogP contribution in [0.3, 0.4) is 0 Å². The molecule has 3 rings (SSSR count). The van der Waals surface area contributed by atoms with Crippen LogP contribution in [0.5, 0.6) is 0 Å². The molecule has 0 aliphatic carbocycles. The van der Waals surface area contributed by atoms with Crippen molar-refractivity contribution >= 4 is 23.2 Å². The summed E-state index contributed by atoms with van der Waals surface area (Å²) in [4.78, 5) is 7.09. The molecule has 0 fully saturated rings. The van der Waals surface area contributed by atoms with Gasteiger partial charge >= 0.3 is 0 Å². The van der Waals surface area contributed by atoms with Crippen molar-refractivity contribution in [2.45, 2.75) is 18.4 Å². The van der Waals surface area contributed by atoms with E-state index in [2.05, 4.69) is 9.97 Å². The highest BCUT2D eigenvalue weighted by Gasteiger charge is 2.31. The second kappa shape index (κ2) is 6.75. The molecule has 0 spiro atoms. The molecular weight excluding hydrogens is 331 g/mol. The fraction of sp³-hybridized carbons (Fsp3) is 0.167. The second-order valence-corrected chi connectivity index (χ2v) is 6.32. The van der Waals surface area contributed by atoms with Crippen LogP contribution in [0.25, 0.3) is 0 Å². The molecule has 1 aromatic heterocycles. The van der Waals surface area contributed by atoms with Crippen molar-refractivity contribution in [3.8, 4) is 0 Å². The summed E-state index contributed by atoms with van der Waals surface area (Å²) in [7, 11) is 0. The highest BCUT2D eigenvalue weighted by atomic mass is 35.5. The van der Waals surface area contributed by atoms with Gasteiger partial charge in [-0.1, -0.05) is 47.5 Å². The van der Waals surface area contributed by atoms with Gasteiger partial charge in [-0.3, -0.25) is 0 Å². The van der Waals surface area contributed by atoms with Crippen molar-refractivity contribution in [1.29, 1.82) is 0 Å². The fourth-order valence-electron chi connectivity index (χ4n) is 2.64. The Kier molecular flexibility index (Phi) is 4.71. The number of nitrogens with zero attached hydrogens (tertiary/aromatic N) is 1. The first-order valence-corrected chi connectivity index (χ1v) is 8.05. The Morgan fingerprint density at radius 1 is 0.913 bits per heavy atom. The first-order chi connectivity index (χ1) is 11.1. The van der Waals surface area contributed by atoms with Crippen molar-refractivity contribution in [2.75, 3.05) is 0 Å². The summed E-state index contributed by atoms with van der Waals surface area (Å²) in [6, 6.07) is 14.5. The van der Waals surface area contributed by atoms with E-state index in [0.717, 1.165) is 16.8 Å². The number of hydrogen-bond donors (Lipinski definition) is 2. The maximum atomic E-state index is 11.4. The summed E-state index contributed by atoms with van der Waals surface area (Å²) in [6.07, 6.45) is 4.59. The average molecular weight is 347 g/mol. The fourth-order valence-corrected chi connectivity index (χ4v) is 2.90. The van der Waals surface area contributed by atoms with Crippen LogP contribution in [0.15, 0.2) is 61.1 Å². The number of aliphatic hydroxyl groups is 1. The van der Waals surface area contributed by atoms with E-state index >= 15 is 0 Å². The molecule has 0 radical (unpaired) electrons. The zero-order valence-corrected chi connectivity index (χ0v) is 13.8. The molecule has 5 heteroatoms. The predicted molar refractivity (Wildman–Crippen MR) is 92.8 cm³/mol. The molecule has 0 amide bonds. The zero-order chi connectivity index (χ0) is 16.3. The van der Waals surface area contributed by atoms with E-state index in [9.17, 15) is 5.11 Å². The van der Waals surface area contributed by atoms with E-state index in [-0.39, 0.29) is 0 Å². The number of aryl methyl sites for hydroxylation is 1. The molecule has 0 saturated heterocycles. The minimum atomic E-state index is -1.12. The van der Waals surface area contributed by atoms with Gasteiger partial charge in [-0.05, 0) is 48.2 Å². The van der Waals surface area contributed by atoms with Crippen LogP contribution < -0.4 is 0 Å². The molecule has 0 atom stereocenters. The number of rotatable bonds is 5. The van der Waals surface area contributed by atoms with E-state index < -0.39 is 5.60 Å². The molecular formula is C18H16Cl2N2O. The standard InChI is InChI=1S/C18H16Cl2N2O/c19-15-5-1-13(2-6-15)18(23,10-9-17-11-21-12-22-17)14-3-7-16(20)8-4-14/h1-8,11-12,23H,9-10H2,(H,21,22). The quantitative estimate of drug-likeness (QED) is 0.709. The first-order valence-electron chi connectivity index (χ1n) is 7.30. The third-order valence-corrected chi connectivity index (χ3v) is 4.46. The molecule has 0 aliphatic heterocycles. The largest absolute Gasteiger partial charge is 0.380 e. The van der Waals surface area contributed by atoms with Gasteiger partial charge in [0.2, 0.25) is 0 Å². The van der Waals surface area contributed by atoms with Gasteiger partial charge in [0.1, 0.15) is 5.60 Å². The third kappa shape index (κ3) is 3.58. The number of aromatic nitrogens is 2. The topological polar surface area (TPSA) is 48.9 Å². The van der Waals surface area contributed by atoms with E-state index in [0.29, 0.717) is 22.9 Å². The Morgan fingerprint density at radius 3 is 1.87 bits per heavy atom. The molecule has 1 heterocycles. The van der Waals surface area contributed by atoms with Gasteiger partial charge in [0, 0.05) is 21.9 Å². The van der Waals surface area contributed by atoms with Crippen LogP contribution in [0, 0.1) is 0 Å². The highest BCUT2D eigenvalue weighted by molar-refractivity contribution is 6.30. The minimum Gasteiger partial charge on any atom is -0.380 e. The van der Waals surface area contributed by atoms with E-state index in [1.165, 1.54) is 0 Å². The van der Waals surface area contributed by atoms with E-state index in [4.69, 9.17) is 23.2 Å². The van der Waals surface area contributed by atoms with Crippen LogP contribution in [-0.4, -0.2) is 15.1 Å². The molecule has 0 aliphatic rings. The smallest absolute Gasteiger partial charge is 0.115 e. The average Bonchev–Trinajstić information content (AvgIpc) is 3.07. The van der Waals surface area contributed by atoms with Crippen LogP contribution >= 0.6 is 23.2 Å². The molecule has 0 unspecified atom stereocenters. The summed E-state index contributed by atoms with van der Waals surface area (Å²) in [5.41, 5.74) is 1.44. The van der Waals surface area contributed by atoms with Crippen molar-refractivity contribution < 1.29 is 5.11 Å². The van der Waals surface area contributed by atoms with Crippen LogP contribution in [-0.2, 0) is 12.0 Å². The van der Waals surface area contributed by atoms with Crippen LogP contribution in [0.1, 0.15) is 23.2 Å². The van der Waals surface area contributed by atoms with Gasteiger partial charge in [0.25, 0.3) is 0 Å². The number of imidazole rings is 1. The number of benzene rings is 2. The van der Waals surface area contributed by atoms with Crippen LogP contribution in [0.4, 0.5) is 0 Å². The number of aromatic amines is 1. The van der Waals surface area contributed by atoms with Crippen molar-refractivity contribution in [3.63, 3.8) is 0 Å².